The summed E-state index contributed by atoms with van der Waals surface area (Å²) in [5.74, 6) is 0.996. The van der Waals surface area contributed by atoms with Gasteiger partial charge in [0.2, 0.25) is 0 Å². The van der Waals surface area contributed by atoms with E-state index in [0.29, 0.717) is 11.5 Å². The third kappa shape index (κ3) is 2.51. The third-order valence-corrected chi connectivity index (χ3v) is 4.49. The molecule has 0 aromatic heterocycles. The molecule has 0 spiro atoms. The fourth-order valence-corrected chi connectivity index (χ4v) is 3.72. The molecule has 0 amide bonds. The van der Waals surface area contributed by atoms with E-state index in [4.69, 9.17) is 42.8 Å². The standard InChI is InChI=1S/C10H12Cl3O2P/c1-10(2,3)7-4-5-8-9(6-7)15-16(11,12,13)14-8/h4-6H,1-3H3. The quantitative estimate of drug-likeness (QED) is 0.581. The molecule has 1 aromatic carbocycles. The fourth-order valence-electron chi connectivity index (χ4n) is 1.44. The van der Waals surface area contributed by atoms with Crippen LogP contribution in [0.1, 0.15) is 26.3 Å². The van der Waals surface area contributed by atoms with Gasteiger partial charge in [0.05, 0.1) is 0 Å². The summed E-state index contributed by atoms with van der Waals surface area (Å²) in [5, 5.41) is -3.97. The minimum atomic E-state index is -3.97. The van der Waals surface area contributed by atoms with Gasteiger partial charge in [-0.05, 0) is 0 Å². The summed E-state index contributed by atoms with van der Waals surface area (Å²) < 4.78 is 10.6. The molecule has 1 aromatic rings. The first-order valence-corrected chi connectivity index (χ1v) is 9.56. The summed E-state index contributed by atoms with van der Waals surface area (Å²) >= 11 is 17.6. The van der Waals surface area contributed by atoms with Crippen molar-refractivity contribution in [2.24, 2.45) is 0 Å². The molecule has 90 valence electrons. The van der Waals surface area contributed by atoms with E-state index in [9.17, 15) is 0 Å². The summed E-state index contributed by atoms with van der Waals surface area (Å²) in [6.45, 7) is 6.31. The second-order valence-electron chi connectivity index (χ2n) is 4.77. The number of halogens is 3. The SMILES string of the molecule is CC(C)(C)c1ccc2c(c1)OP(Cl)(Cl)(Cl)O2. The van der Waals surface area contributed by atoms with Gasteiger partial charge < -0.3 is 0 Å². The van der Waals surface area contributed by atoms with Crippen LogP contribution in [0.25, 0.3) is 0 Å². The van der Waals surface area contributed by atoms with Gasteiger partial charge in [0.25, 0.3) is 0 Å². The zero-order valence-corrected chi connectivity index (χ0v) is 12.3. The molecule has 16 heavy (non-hydrogen) atoms. The van der Waals surface area contributed by atoms with Crippen molar-refractivity contribution in [1.82, 2.24) is 0 Å². The molecule has 1 aliphatic rings. The van der Waals surface area contributed by atoms with Crippen LogP contribution in [0.4, 0.5) is 0 Å². The van der Waals surface area contributed by atoms with Gasteiger partial charge in [-0.15, -0.1) is 0 Å². The Bertz CT molecular complexity index is 446. The average Bonchev–Trinajstić information content (AvgIpc) is 2.29. The Kier molecular flexibility index (Phi) is 2.61. The second-order valence-corrected chi connectivity index (χ2v) is 13.6. The normalized spacial score (nSPS) is 23.5. The molecule has 0 saturated heterocycles. The van der Waals surface area contributed by atoms with Crippen LogP contribution in [0, 0.1) is 0 Å². The number of hydrogen-bond donors (Lipinski definition) is 0. The van der Waals surface area contributed by atoms with Gasteiger partial charge in [-0.2, -0.15) is 0 Å². The Morgan fingerprint density at radius 1 is 1.00 bits per heavy atom. The molecule has 6 heteroatoms. The number of benzene rings is 1. The molecule has 0 bridgehead atoms. The Morgan fingerprint density at radius 3 is 2.12 bits per heavy atom. The Balaban J connectivity index is 2.43. The Labute approximate surface area is 109 Å². The number of rotatable bonds is 0. The first-order valence-electron chi connectivity index (χ1n) is 4.77. The molecule has 0 radical (unpaired) electrons. The van der Waals surface area contributed by atoms with Crippen LogP contribution in [-0.4, -0.2) is 0 Å². The van der Waals surface area contributed by atoms with E-state index < -0.39 is 5.12 Å². The Hall–Kier alpha value is 0.120. The molecule has 2 rings (SSSR count). The molecule has 1 aliphatic heterocycles. The topological polar surface area (TPSA) is 18.5 Å². The maximum absolute atomic E-state index is 5.87. The molecule has 1 heterocycles. The fraction of sp³-hybridized carbons (Fsp3) is 0.400. The van der Waals surface area contributed by atoms with E-state index in [1.54, 1.807) is 6.07 Å². The van der Waals surface area contributed by atoms with Gasteiger partial charge in [0.15, 0.2) is 0 Å². The van der Waals surface area contributed by atoms with Crippen molar-refractivity contribution in [3.63, 3.8) is 0 Å². The summed E-state index contributed by atoms with van der Waals surface area (Å²) in [6, 6.07) is 5.58. The molecule has 0 aliphatic carbocycles. The van der Waals surface area contributed by atoms with E-state index in [0.717, 1.165) is 5.56 Å². The Morgan fingerprint density at radius 2 is 1.56 bits per heavy atom. The summed E-state index contributed by atoms with van der Waals surface area (Å²) in [7, 11) is 0. The second kappa shape index (κ2) is 3.32. The molecule has 0 unspecified atom stereocenters. The number of hydrogen-bond acceptors (Lipinski definition) is 2. The molecule has 0 fully saturated rings. The minimum absolute atomic E-state index is 0.0162. The summed E-state index contributed by atoms with van der Waals surface area (Å²) in [6.07, 6.45) is 0. The van der Waals surface area contributed by atoms with Crippen molar-refractivity contribution in [2.75, 3.05) is 0 Å². The molecule has 0 saturated carbocycles. The zero-order valence-electron chi connectivity index (χ0n) is 9.13. The van der Waals surface area contributed by atoms with E-state index >= 15 is 0 Å². The molecule has 0 atom stereocenters. The van der Waals surface area contributed by atoms with Gasteiger partial charge in [0, 0.05) is 0 Å². The average molecular weight is 302 g/mol. The first kappa shape index (κ1) is 12.6. The molecule has 0 N–H and O–H groups in total. The number of fused-ring (bicyclic) bond motifs is 1. The van der Waals surface area contributed by atoms with Crippen LogP contribution in [-0.2, 0) is 5.41 Å². The van der Waals surface area contributed by atoms with E-state index in [-0.39, 0.29) is 5.41 Å². The van der Waals surface area contributed by atoms with Crippen molar-refractivity contribution >= 4 is 38.8 Å². The van der Waals surface area contributed by atoms with Crippen molar-refractivity contribution in [3.8, 4) is 11.5 Å². The monoisotopic (exact) mass is 300 g/mol. The van der Waals surface area contributed by atoms with Crippen LogP contribution in [0.15, 0.2) is 18.2 Å². The third-order valence-electron chi connectivity index (χ3n) is 2.29. The van der Waals surface area contributed by atoms with Crippen LogP contribution >= 0.6 is 38.8 Å². The molecule has 2 nitrogen and oxygen atoms in total. The predicted octanol–water partition coefficient (Wildman–Crippen LogP) is 5.60. The van der Waals surface area contributed by atoms with Gasteiger partial charge in [0.1, 0.15) is 0 Å². The van der Waals surface area contributed by atoms with Gasteiger partial charge >= 0.3 is 109 Å². The van der Waals surface area contributed by atoms with Crippen molar-refractivity contribution in [1.29, 1.82) is 0 Å². The van der Waals surface area contributed by atoms with Crippen LogP contribution in [0.2, 0.25) is 0 Å². The summed E-state index contributed by atoms with van der Waals surface area (Å²) in [4.78, 5) is 0. The van der Waals surface area contributed by atoms with E-state index in [1.807, 2.05) is 12.1 Å². The van der Waals surface area contributed by atoms with Crippen molar-refractivity contribution in [2.45, 2.75) is 26.2 Å². The van der Waals surface area contributed by atoms with Crippen molar-refractivity contribution < 1.29 is 9.05 Å². The maximum atomic E-state index is 5.87. The van der Waals surface area contributed by atoms with Crippen LogP contribution in [0.3, 0.4) is 0 Å². The van der Waals surface area contributed by atoms with E-state index in [2.05, 4.69) is 20.8 Å². The molecular weight excluding hydrogens is 289 g/mol. The van der Waals surface area contributed by atoms with Gasteiger partial charge in [-0.25, -0.2) is 0 Å². The first-order chi connectivity index (χ1) is 7.05. The van der Waals surface area contributed by atoms with Gasteiger partial charge in [-0.1, -0.05) is 0 Å². The summed E-state index contributed by atoms with van der Waals surface area (Å²) in [5.41, 5.74) is 1.12. The van der Waals surface area contributed by atoms with Crippen LogP contribution in [0.5, 0.6) is 11.5 Å². The molecular formula is C10H12Cl3O2P. The van der Waals surface area contributed by atoms with Gasteiger partial charge in [-0.3, -0.25) is 0 Å². The predicted molar refractivity (Wildman–Crippen MR) is 70.9 cm³/mol. The van der Waals surface area contributed by atoms with Crippen molar-refractivity contribution in [3.05, 3.63) is 23.8 Å². The van der Waals surface area contributed by atoms with Crippen LogP contribution < -0.4 is 9.05 Å². The zero-order chi connectivity index (χ0) is 12.2. The van der Waals surface area contributed by atoms with E-state index in [1.165, 1.54) is 0 Å².